The molecule has 1 aliphatic rings. The molecule has 0 fully saturated rings. The number of nitrogens with zero attached hydrogens (tertiary/aromatic N) is 5. The van der Waals surface area contributed by atoms with Crippen molar-refractivity contribution in [3.8, 4) is 0 Å². The highest BCUT2D eigenvalue weighted by Gasteiger charge is 2.35. The Labute approximate surface area is 198 Å². The van der Waals surface area contributed by atoms with Crippen molar-refractivity contribution in [2.24, 2.45) is 5.92 Å². The molecule has 3 aromatic rings. The maximum Gasteiger partial charge on any atom is 0.247 e. The summed E-state index contributed by atoms with van der Waals surface area (Å²) in [6.45, 7) is 6.03. The van der Waals surface area contributed by atoms with Gasteiger partial charge in [-0.2, -0.15) is 18.6 Å². The van der Waals surface area contributed by atoms with E-state index in [1.165, 1.54) is 6.07 Å². The molecule has 0 radical (unpaired) electrons. The molecule has 0 spiro atoms. The van der Waals surface area contributed by atoms with Crippen LogP contribution in [0.25, 0.3) is 0 Å². The monoisotopic (exact) mass is 474 g/mol. The summed E-state index contributed by atoms with van der Waals surface area (Å²) in [6.07, 6.45) is 4.76. The minimum Gasteiger partial charge on any atom is -0.346 e. The lowest BCUT2D eigenvalue weighted by atomic mass is 9.99. The summed E-state index contributed by atoms with van der Waals surface area (Å²) in [6, 6.07) is 3.84. The lowest BCUT2D eigenvalue weighted by Crippen LogP contribution is -2.49. The molecular formula is C23H28F2N6OS. The second-order valence-electron chi connectivity index (χ2n) is 8.47. The molecule has 0 unspecified atom stereocenters. The zero-order valence-electron chi connectivity index (χ0n) is 19.1. The Morgan fingerprint density at radius 2 is 1.94 bits per heavy atom. The van der Waals surface area contributed by atoms with E-state index in [0.717, 1.165) is 23.1 Å². The van der Waals surface area contributed by atoms with Gasteiger partial charge in [-0.25, -0.2) is 18.7 Å². The van der Waals surface area contributed by atoms with E-state index in [9.17, 15) is 13.6 Å². The Hall–Kier alpha value is -3.01. The van der Waals surface area contributed by atoms with Crippen molar-refractivity contribution in [2.45, 2.75) is 46.2 Å². The molecule has 1 amide bonds. The zero-order chi connectivity index (χ0) is 23.0. The molecule has 2 aromatic heterocycles. The van der Waals surface area contributed by atoms with Crippen LogP contribution in [-0.4, -0.2) is 38.7 Å². The fraction of sp³-hybridized carbons (Fsp3) is 0.391. The third kappa shape index (κ3) is 5.00. The number of carbonyl (C=O) groups is 1. The number of anilines is 2. The van der Waals surface area contributed by atoms with Crippen LogP contribution in [0.4, 0.5) is 20.3 Å². The number of nitrogens with one attached hydrogen (secondary N) is 1. The number of hydrogen-bond acceptors (Lipinski definition) is 5. The van der Waals surface area contributed by atoms with Gasteiger partial charge in [0.15, 0.2) is 17.5 Å². The van der Waals surface area contributed by atoms with E-state index in [1.807, 2.05) is 38.9 Å². The van der Waals surface area contributed by atoms with Gasteiger partial charge in [0.1, 0.15) is 17.6 Å². The average Bonchev–Trinajstić information content (AvgIpc) is 3.18. The van der Waals surface area contributed by atoms with Crippen molar-refractivity contribution in [2.75, 3.05) is 17.3 Å². The number of aryl methyl sites for hydroxylation is 3. The van der Waals surface area contributed by atoms with E-state index in [2.05, 4.69) is 15.4 Å². The first kappa shape index (κ1) is 24.6. The predicted molar refractivity (Wildman–Crippen MR) is 128 cm³/mol. The number of likely N-dealkylation sites (N-methyl/N-ethyl adjacent to an activating group) is 1. The highest BCUT2D eigenvalue weighted by atomic mass is 32.1. The first-order valence-electron chi connectivity index (χ1n) is 10.6. The summed E-state index contributed by atoms with van der Waals surface area (Å²) in [5.74, 6) is -0.218. The van der Waals surface area contributed by atoms with Gasteiger partial charge in [-0.15, -0.1) is 0 Å². The predicted octanol–water partition coefficient (Wildman–Crippen LogP) is 3.62. The van der Waals surface area contributed by atoms with E-state index in [-0.39, 0.29) is 43.5 Å². The highest BCUT2D eigenvalue weighted by Crippen LogP contribution is 2.33. The molecule has 4 rings (SSSR count). The summed E-state index contributed by atoms with van der Waals surface area (Å²) < 4.78 is 28.9. The Morgan fingerprint density at radius 3 is 2.67 bits per heavy atom. The number of rotatable bonds is 6. The average molecular weight is 475 g/mol. The van der Waals surface area contributed by atoms with Gasteiger partial charge in [0.25, 0.3) is 0 Å². The molecule has 10 heteroatoms. The summed E-state index contributed by atoms with van der Waals surface area (Å²) in [7, 11) is 1.88. The van der Waals surface area contributed by atoms with Crippen molar-refractivity contribution >= 4 is 30.9 Å². The largest absolute Gasteiger partial charge is 0.346 e. The molecule has 0 bridgehead atoms. The van der Waals surface area contributed by atoms with E-state index >= 15 is 0 Å². The number of fused-ring (bicyclic) bond motifs is 1. The molecule has 1 aliphatic heterocycles. The summed E-state index contributed by atoms with van der Waals surface area (Å²) in [5.41, 5.74) is 2.58. The Balaban J connectivity index is 0.00000306. The topological polar surface area (TPSA) is 75.9 Å². The maximum atomic E-state index is 13.9. The van der Waals surface area contributed by atoms with Crippen LogP contribution in [0.5, 0.6) is 0 Å². The van der Waals surface area contributed by atoms with Gasteiger partial charge in [-0.3, -0.25) is 9.48 Å². The quantitative estimate of drug-likeness (QED) is 0.591. The van der Waals surface area contributed by atoms with Gasteiger partial charge >= 0.3 is 0 Å². The Morgan fingerprint density at radius 1 is 1.18 bits per heavy atom. The Kier molecular flexibility index (Phi) is 7.36. The molecule has 33 heavy (non-hydrogen) atoms. The number of hydrogen-bond donors (Lipinski definition) is 1. The summed E-state index contributed by atoms with van der Waals surface area (Å²) in [5, 5.41) is 7.21. The fourth-order valence-electron chi connectivity index (χ4n) is 4.11. The van der Waals surface area contributed by atoms with Crippen molar-refractivity contribution in [3.05, 3.63) is 64.9 Å². The van der Waals surface area contributed by atoms with Gasteiger partial charge in [0, 0.05) is 25.2 Å². The molecule has 3 heterocycles. The van der Waals surface area contributed by atoms with Crippen LogP contribution in [0.3, 0.4) is 0 Å². The second kappa shape index (κ2) is 9.86. The van der Waals surface area contributed by atoms with Gasteiger partial charge in [0.05, 0.1) is 18.4 Å². The van der Waals surface area contributed by atoms with Gasteiger partial charge in [-0.05, 0) is 30.9 Å². The molecule has 0 aliphatic carbocycles. The van der Waals surface area contributed by atoms with Crippen molar-refractivity contribution in [3.63, 3.8) is 0 Å². The minimum absolute atomic E-state index is 0. The summed E-state index contributed by atoms with van der Waals surface area (Å²) in [4.78, 5) is 23.7. The van der Waals surface area contributed by atoms with E-state index < -0.39 is 11.6 Å². The normalized spacial score (nSPS) is 15.3. The van der Waals surface area contributed by atoms with Gasteiger partial charge < -0.3 is 10.2 Å². The number of amides is 1. The number of carbonyl (C=O) groups excluding carboxylic acids is 1. The molecule has 0 saturated heterocycles. The maximum absolute atomic E-state index is 13.9. The summed E-state index contributed by atoms with van der Waals surface area (Å²) >= 11 is 0. The number of aromatic nitrogens is 4. The van der Waals surface area contributed by atoms with Crippen LogP contribution in [0.15, 0.2) is 30.6 Å². The van der Waals surface area contributed by atoms with Crippen LogP contribution >= 0.6 is 13.5 Å². The van der Waals surface area contributed by atoms with Gasteiger partial charge in [0.2, 0.25) is 5.91 Å². The number of benzene rings is 1. The third-order valence-corrected chi connectivity index (χ3v) is 5.70. The first-order chi connectivity index (χ1) is 15.2. The lowest BCUT2D eigenvalue weighted by Gasteiger charge is -2.36. The standard InChI is InChI=1S/C23H26F2N6O.H2S/c1-13(2)21-23(32)29-20-14(3)27-18(28-22(20)30(21)4)9-8-15-10-26-31(11-15)12-16-6-5-7-17(24)19(16)25;/h5-7,10-11,13,21H,8-9,12H2,1-4H3,(H,29,32);1H2/t21-;/m0./s1. The van der Waals surface area contributed by atoms with E-state index in [4.69, 9.17) is 4.98 Å². The molecule has 1 aromatic carbocycles. The fourth-order valence-corrected chi connectivity index (χ4v) is 4.11. The highest BCUT2D eigenvalue weighted by molar-refractivity contribution is 7.59. The molecule has 1 N–H and O–H groups in total. The van der Waals surface area contributed by atoms with E-state index in [1.54, 1.807) is 16.9 Å². The lowest BCUT2D eigenvalue weighted by molar-refractivity contribution is -0.118. The molecule has 176 valence electrons. The van der Waals surface area contributed by atoms with Crippen LogP contribution in [0.1, 0.15) is 36.5 Å². The van der Waals surface area contributed by atoms with Gasteiger partial charge in [-0.1, -0.05) is 26.0 Å². The number of halogens is 2. The Bertz CT molecular complexity index is 1170. The smallest absolute Gasteiger partial charge is 0.247 e. The molecule has 0 saturated carbocycles. The first-order valence-corrected chi connectivity index (χ1v) is 10.6. The minimum atomic E-state index is -0.865. The van der Waals surface area contributed by atoms with Crippen molar-refractivity contribution in [1.82, 2.24) is 19.7 Å². The van der Waals surface area contributed by atoms with Crippen molar-refractivity contribution < 1.29 is 13.6 Å². The zero-order valence-corrected chi connectivity index (χ0v) is 20.1. The molecule has 1 atom stereocenters. The van der Waals surface area contributed by atoms with Crippen LogP contribution in [0.2, 0.25) is 0 Å². The molecule has 7 nitrogen and oxygen atoms in total. The molecular weight excluding hydrogens is 446 g/mol. The van der Waals surface area contributed by atoms with Crippen LogP contribution < -0.4 is 10.2 Å². The third-order valence-electron chi connectivity index (χ3n) is 5.70. The van der Waals surface area contributed by atoms with E-state index in [0.29, 0.717) is 24.4 Å². The van der Waals surface area contributed by atoms with Crippen molar-refractivity contribution in [1.29, 1.82) is 0 Å². The SMILES string of the molecule is Cc1nc(CCc2cnn(Cc3cccc(F)c3F)c2)nc2c1NC(=O)[C@H](C(C)C)N2C.S. The second-order valence-corrected chi connectivity index (χ2v) is 8.47. The van der Waals surface area contributed by atoms with Crippen LogP contribution in [-0.2, 0) is 24.2 Å². The van der Waals surface area contributed by atoms with Crippen LogP contribution in [0, 0.1) is 24.5 Å².